The van der Waals surface area contributed by atoms with Gasteiger partial charge < -0.3 is 5.32 Å². The Kier molecular flexibility index (Phi) is 3.65. The average molecular weight is 245 g/mol. The van der Waals surface area contributed by atoms with Gasteiger partial charge in [-0.2, -0.15) is 0 Å². The number of benzene rings is 1. The van der Waals surface area contributed by atoms with Gasteiger partial charge in [-0.3, -0.25) is 0 Å². The number of rotatable bonds is 3. The smallest absolute Gasteiger partial charge is 0.0585 e. The molecule has 1 nitrogen and oxygen atoms in total. The third kappa shape index (κ3) is 2.59. The van der Waals surface area contributed by atoms with E-state index in [0.29, 0.717) is 6.04 Å². The molecule has 0 fully saturated rings. The summed E-state index contributed by atoms with van der Waals surface area (Å²) < 4.78 is 0. The molecule has 1 heterocycles. The molecule has 1 aromatic heterocycles. The van der Waals surface area contributed by atoms with Crippen molar-refractivity contribution in [2.24, 2.45) is 0 Å². The molecular formula is C15H19NS. The third-order valence-electron chi connectivity index (χ3n) is 3.05. The van der Waals surface area contributed by atoms with Crippen LogP contribution in [0.2, 0.25) is 0 Å². The van der Waals surface area contributed by atoms with Gasteiger partial charge in [0.05, 0.1) is 6.04 Å². The van der Waals surface area contributed by atoms with Gasteiger partial charge in [0.25, 0.3) is 0 Å². The van der Waals surface area contributed by atoms with Gasteiger partial charge in [-0.15, -0.1) is 11.3 Å². The van der Waals surface area contributed by atoms with Gasteiger partial charge >= 0.3 is 0 Å². The molecule has 0 bridgehead atoms. The van der Waals surface area contributed by atoms with Gasteiger partial charge in [-0.05, 0) is 45.0 Å². The van der Waals surface area contributed by atoms with Crippen molar-refractivity contribution in [3.8, 4) is 0 Å². The van der Waals surface area contributed by atoms with Crippen LogP contribution in [0.3, 0.4) is 0 Å². The topological polar surface area (TPSA) is 12.0 Å². The molecular weight excluding hydrogens is 226 g/mol. The van der Waals surface area contributed by atoms with Crippen LogP contribution in [0.1, 0.15) is 32.5 Å². The second-order valence-corrected chi connectivity index (χ2v) is 5.96. The van der Waals surface area contributed by atoms with E-state index in [0.717, 1.165) is 0 Å². The Morgan fingerprint density at radius 1 is 1.12 bits per heavy atom. The monoisotopic (exact) mass is 245 g/mol. The molecule has 0 saturated heterocycles. The Labute approximate surface area is 108 Å². The molecule has 1 N–H and O–H groups in total. The maximum Gasteiger partial charge on any atom is 0.0585 e. The molecule has 0 radical (unpaired) electrons. The van der Waals surface area contributed by atoms with Gasteiger partial charge in [0.15, 0.2) is 0 Å². The predicted octanol–water partition coefficient (Wildman–Crippen LogP) is 3.98. The van der Waals surface area contributed by atoms with Crippen molar-refractivity contribution in [1.29, 1.82) is 0 Å². The van der Waals surface area contributed by atoms with Crippen LogP contribution in [-0.4, -0.2) is 7.05 Å². The van der Waals surface area contributed by atoms with Gasteiger partial charge in [0.1, 0.15) is 0 Å². The van der Waals surface area contributed by atoms with Crippen LogP contribution in [-0.2, 0) is 0 Å². The zero-order valence-corrected chi connectivity index (χ0v) is 11.7. The Hall–Kier alpha value is -1.12. The van der Waals surface area contributed by atoms with Crippen LogP contribution in [0.15, 0.2) is 30.3 Å². The zero-order chi connectivity index (χ0) is 12.4. The first-order valence-electron chi connectivity index (χ1n) is 5.92. The minimum Gasteiger partial charge on any atom is -0.309 e. The van der Waals surface area contributed by atoms with E-state index < -0.39 is 0 Å². The number of aryl methyl sites for hydroxylation is 3. The molecule has 90 valence electrons. The first-order chi connectivity index (χ1) is 8.11. The van der Waals surface area contributed by atoms with E-state index in [1.54, 1.807) is 0 Å². The van der Waals surface area contributed by atoms with Gasteiger partial charge in [-0.25, -0.2) is 0 Å². The summed E-state index contributed by atoms with van der Waals surface area (Å²) in [4.78, 5) is 2.79. The summed E-state index contributed by atoms with van der Waals surface area (Å²) in [5, 5.41) is 3.42. The van der Waals surface area contributed by atoms with Crippen LogP contribution in [0, 0.1) is 20.8 Å². The molecule has 1 aromatic carbocycles. The number of thiophene rings is 1. The fourth-order valence-corrected chi connectivity index (χ4v) is 3.25. The zero-order valence-electron chi connectivity index (χ0n) is 10.9. The van der Waals surface area contributed by atoms with E-state index in [9.17, 15) is 0 Å². The van der Waals surface area contributed by atoms with Crippen LogP contribution in [0.25, 0.3) is 0 Å². The summed E-state index contributed by atoms with van der Waals surface area (Å²) >= 11 is 1.87. The number of hydrogen-bond donors (Lipinski definition) is 1. The Bertz CT molecular complexity index is 513. The van der Waals surface area contributed by atoms with E-state index in [2.05, 4.69) is 56.4 Å². The van der Waals surface area contributed by atoms with Crippen molar-refractivity contribution in [3.63, 3.8) is 0 Å². The molecule has 0 aliphatic rings. The van der Waals surface area contributed by atoms with E-state index in [4.69, 9.17) is 0 Å². The lowest BCUT2D eigenvalue weighted by atomic mass is 9.98. The average Bonchev–Trinajstić information content (AvgIpc) is 2.59. The van der Waals surface area contributed by atoms with Crippen molar-refractivity contribution in [2.45, 2.75) is 26.8 Å². The maximum atomic E-state index is 3.42. The SMILES string of the molecule is CNC(c1cccc(C)c1)c1cc(C)sc1C. The summed E-state index contributed by atoms with van der Waals surface area (Å²) in [7, 11) is 2.03. The molecule has 0 aliphatic carbocycles. The van der Waals surface area contributed by atoms with Gasteiger partial charge in [0, 0.05) is 9.75 Å². The van der Waals surface area contributed by atoms with Crippen LogP contribution in [0.4, 0.5) is 0 Å². The molecule has 2 aromatic rings. The van der Waals surface area contributed by atoms with Crippen LogP contribution < -0.4 is 5.32 Å². The normalized spacial score (nSPS) is 12.7. The van der Waals surface area contributed by atoms with Crippen molar-refractivity contribution in [2.75, 3.05) is 7.05 Å². The fraction of sp³-hybridized carbons (Fsp3) is 0.333. The molecule has 0 spiro atoms. The first-order valence-corrected chi connectivity index (χ1v) is 6.74. The highest BCUT2D eigenvalue weighted by Gasteiger charge is 2.16. The van der Waals surface area contributed by atoms with Crippen molar-refractivity contribution in [1.82, 2.24) is 5.32 Å². The summed E-state index contributed by atoms with van der Waals surface area (Å²) in [5.74, 6) is 0. The standard InChI is InChI=1S/C15H19NS/c1-10-6-5-7-13(8-10)15(16-4)14-9-11(2)17-12(14)3/h5-9,15-16H,1-4H3. The Morgan fingerprint density at radius 2 is 1.88 bits per heavy atom. The molecule has 0 aliphatic heterocycles. The quantitative estimate of drug-likeness (QED) is 0.862. The molecule has 1 atom stereocenters. The highest BCUT2D eigenvalue weighted by Crippen LogP contribution is 2.30. The van der Waals surface area contributed by atoms with E-state index in [-0.39, 0.29) is 0 Å². The minimum atomic E-state index is 0.305. The molecule has 0 saturated carbocycles. The van der Waals surface area contributed by atoms with Gasteiger partial charge in [-0.1, -0.05) is 29.8 Å². The van der Waals surface area contributed by atoms with Crippen molar-refractivity contribution < 1.29 is 0 Å². The lowest BCUT2D eigenvalue weighted by Crippen LogP contribution is -2.17. The van der Waals surface area contributed by atoms with Crippen LogP contribution in [0.5, 0.6) is 0 Å². The predicted molar refractivity (Wildman–Crippen MR) is 75.9 cm³/mol. The molecule has 0 amide bonds. The number of hydrogen-bond acceptors (Lipinski definition) is 2. The van der Waals surface area contributed by atoms with Gasteiger partial charge in [0.2, 0.25) is 0 Å². The highest BCUT2D eigenvalue weighted by molar-refractivity contribution is 7.12. The summed E-state index contributed by atoms with van der Waals surface area (Å²) in [6.07, 6.45) is 0. The summed E-state index contributed by atoms with van der Waals surface area (Å²) in [6.45, 7) is 6.51. The van der Waals surface area contributed by atoms with Crippen LogP contribution >= 0.6 is 11.3 Å². The fourth-order valence-electron chi connectivity index (χ4n) is 2.29. The molecule has 2 rings (SSSR count). The van der Waals surface area contributed by atoms with E-state index >= 15 is 0 Å². The van der Waals surface area contributed by atoms with Crippen molar-refractivity contribution >= 4 is 11.3 Å². The van der Waals surface area contributed by atoms with E-state index in [1.165, 1.54) is 26.4 Å². The molecule has 2 heteroatoms. The third-order valence-corrected chi connectivity index (χ3v) is 4.04. The Morgan fingerprint density at radius 3 is 2.41 bits per heavy atom. The first kappa shape index (κ1) is 12.3. The largest absolute Gasteiger partial charge is 0.309 e. The molecule has 17 heavy (non-hydrogen) atoms. The second-order valence-electron chi connectivity index (χ2n) is 4.50. The lowest BCUT2D eigenvalue weighted by molar-refractivity contribution is 0.690. The summed E-state index contributed by atoms with van der Waals surface area (Å²) in [6, 6.07) is 11.3. The highest BCUT2D eigenvalue weighted by atomic mass is 32.1. The maximum absolute atomic E-state index is 3.42. The lowest BCUT2D eigenvalue weighted by Gasteiger charge is -2.17. The minimum absolute atomic E-state index is 0.305. The molecule has 1 unspecified atom stereocenters. The van der Waals surface area contributed by atoms with Crippen molar-refractivity contribution in [3.05, 3.63) is 56.8 Å². The summed E-state index contributed by atoms with van der Waals surface area (Å²) in [5.41, 5.74) is 4.06. The second kappa shape index (κ2) is 5.03. The Balaban J connectivity index is 2.43. The number of nitrogens with one attached hydrogen (secondary N) is 1. The van der Waals surface area contributed by atoms with E-state index in [1.807, 2.05) is 18.4 Å².